The van der Waals surface area contributed by atoms with Gasteiger partial charge in [-0.25, -0.2) is 0 Å². The quantitative estimate of drug-likeness (QED) is 0.779. The van der Waals surface area contributed by atoms with E-state index in [1.807, 2.05) is 50.3 Å². The lowest BCUT2D eigenvalue weighted by molar-refractivity contribution is -0.114. The number of nitrogens with zero attached hydrogens (tertiary/aromatic N) is 1. The Morgan fingerprint density at radius 3 is 2.30 bits per heavy atom. The fourth-order valence-corrected chi connectivity index (χ4v) is 2.00. The van der Waals surface area contributed by atoms with E-state index in [0.717, 1.165) is 16.8 Å². The Bertz CT molecular complexity index is 579. The summed E-state index contributed by atoms with van der Waals surface area (Å²) >= 11 is 0. The SMILES string of the molecule is C=CC1=C(\C=C)C(=O)N(C)c2ccccc2/C=C\1.CC. The van der Waals surface area contributed by atoms with Gasteiger partial charge in [0.15, 0.2) is 0 Å². The van der Waals surface area contributed by atoms with Crippen molar-refractivity contribution in [1.29, 1.82) is 0 Å². The highest BCUT2D eigenvalue weighted by atomic mass is 16.2. The summed E-state index contributed by atoms with van der Waals surface area (Å²) in [4.78, 5) is 14.0. The Morgan fingerprint density at radius 1 is 1.05 bits per heavy atom. The molecule has 2 nitrogen and oxygen atoms in total. The monoisotopic (exact) mass is 267 g/mol. The van der Waals surface area contributed by atoms with E-state index in [0.29, 0.717) is 5.57 Å². The molecule has 104 valence electrons. The molecule has 0 atom stereocenters. The fourth-order valence-electron chi connectivity index (χ4n) is 2.00. The van der Waals surface area contributed by atoms with Gasteiger partial charge in [0.25, 0.3) is 5.91 Å². The number of anilines is 1. The van der Waals surface area contributed by atoms with Gasteiger partial charge in [-0.3, -0.25) is 4.79 Å². The number of benzene rings is 1. The van der Waals surface area contributed by atoms with Crippen LogP contribution in [0.4, 0.5) is 5.69 Å². The second kappa shape index (κ2) is 7.29. The number of likely N-dealkylation sites (N-methyl/N-ethyl adjacent to an activating group) is 1. The predicted octanol–water partition coefficient (Wildman–Crippen LogP) is 4.37. The average Bonchev–Trinajstić information content (AvgIpc) is 2.51. The van der Waals surface area contributed by atoms with E-state index in [1.54, 1.807) is 24.1 Å². The van der Waals surface area contributed by atoms with Gasteiger partial charge in [0.05, 0.1) is 5.69 Å². The first-order chi connectivity index (χ1) is 9.69. The van der Waals surface area contributed by atoms with Crippen molar-refractivity contribution in [2.24, 2.45) is 0 Å². The Morgan fingerprint density at radius 2 is 1.70 bits per heavy atom. The van der Waals surface area contributed by atoms with Crippen LogP contribution in [0.5, 0.6) is 0 Å². The van der Waals surface area contributed by atoms with Crippen molar-refractivity contribution in [3.63, 3.8) is 0 Å². The van der Waals surface area contributed by atoms with Crippen LogP contribution in [-0.2, 0) is 4.79 Å². The van der Waals surface area contributed by atoms with Gasteiger partial charge in [-0.15, -0.1) is 0 Å². The van der Waals surface area contributed by atoms with Crippen LogP contribution in [0.1, 0.15) is 19.4 Å². The summed E-state index contributed by atoms with van der Waals surface area (Å²) in [5.41, 5.74) is 3.26. The predicted molar refractivity (Wildman–Crippen MR) is 87.7 cm³/mol. The molecule has 1 amide bonds. The number of para-hydroxylation sites is 1. The molecule has 0 aliphatic carbocycles. The summed E-state index contributed by atoms with van der Waals surface area (Å²) in [5, 5.41) is 0. The number of fused-ring (bicyclic) bond motifs is 1. The molecule has 0 unspecified atom stereocenters. The molecule has 2 rings (SSSR count). The second-order valence-corrected chi connectivity index (χ2v) is 4.03. The normalized spacial score (nSPS) is 18.9. The van der Waals surface area contributed by atoms with E-state index < -0.39 is 0 Å². The smallest absolute Gasteiger partial charge is 0.258 e. The standard InChI is InChI=1S/C16H15NO.C2H6/c1-4-12-10-11-13-8-6-7-9-15(13)17(3)16(18)14(12)5-2;1-2/h4-11H,1-2H2,3H3;1-2H3/b11-10-,14-12-;. The molecule has 0 aromatic heterocycles. The molecule has 0 fully saturated rings. The maximum Gasteiger partial charge on any atom is 0.258 e. The van der Waals surface area contributed by atoms with Gasteiger partial charge < -0.3 is 4.90 Å². The third-order valence-corrected chi connectivity index (χ3v) is 3.01. The minimum Gasteiger partial charge on any atom is -0.311 e. The van der Waals surface area contributed by atoms with Gasteiger partial charge >= 0.3 is 0 Å². The minimum atomic E-state index is -0.0725. The first-order valence-corrected chi connectivity index (χ1v) is 6.73. The molecular formula is C18H21NO. The third kappa shape index (κ3) is 2.97. The van der Waals surface area contributed by atoms with Crippen LogP contribution < -0.4 is 4.90 Å². The Kier molecular flexibility index (Phi) is 5.73. The Labute approximate surface area is 121 Å². The van der Waals surface area contributed by atoms with Crippen molar-refractivity contribution in [3.05, 3.63) is 72.4 Å². The molecule has 0 saturated carbocycles. The fraction of sp³-hybridized carbons (Fsp3) is 0.167. The van der Waals surface area contributed by atoms with Gasteiger partial charge in [0.2, 0.25) is 0 Å². The minimum absolute atomic E-state index is 0.0725. The first-order valence-electron chi connectivity index (χ1n) is 6.73. The topological polar surface area (TPSA) is 20.3 Å². The van der Waals surface area contributed by atoms with E-state index in [-0.39, 0.29) is 5.91 Å². The van der Waals surface area contributed by atoms with Crippen molar-refractivity contribution in [1.82, 2.24) is 0 Å². The zero-order valence-corrected chi connectivity index (χ0v) is 12.4. The highest BCUT2D eigenvalue weighted by Crippen LogP contribution is 2.26. The Balaban J connectivity index is 0.000000956. The van der Waals surface area contributed by atoms with Crippen LogP contribution in [-0.4, -0.2) is 13.0 Å². The number of allylic oxidation sites excluding steroid dienone is 3. The average molecular weight is 267 g/mol. The highest BCUT2D eigenvalue weighted by molar-refractivity contribution is 6.09. The van der Waals surface area contributed by atoms with Gasteiger partial charge in [-0.1, -0.05) is 69.5 Å². The van der Waals surface area contributed by atoms with Crippen LogP contribution >= 0.6 is 0 Å². The van der Waals surface area contributed by atoms with E-state index >= 15 is 0 Å². The number of amides is 1. The molecule has 1 aliphatic rings. The van der Waals surface area contributed by atoms with E-state index in [9.17, 15) is 4.79 Å². The molecule has 0 bridgehead atoms. The molecule has 0 radical (unpaired) electrons. The summed E-state index contributed by atoms with van der Waals surface area (Å²) in [6, 6.07) is 7.78. The lowest BCUT2D eigenvalue weighted by Gasteiger charge is -2.22. The van der Waals surface area contributed by atoms with E-state index in [1.165, 1.54) is 0 Å². The Hall–Kier alpha value is -2.35. The zero-order valence-electron chi connectivity index (χ0n) is 12.4. The van der Waals surface area contributed by atoms with E-state index in [4.69, 9.17) is 0 Å². The van der Waals surface area contributed by atoms with Crippen molar-refractivity contribution in [2.45, 2.75) is 13.8 Å². The number of hydrogen-bond donors (Lipinski definition) is 0. The van der Waals surface area contributed by atoms with Crippen LogP contribution in [0.15, 0.2) is 66.8 Å². The zero-order chi connectivity index (χ0) is 15.1. The van der Waals surface area contributed by atoms with Crippen LogP contribution in [0.3, 0.4) is 0 Å². The van der Waals surface area contributed by atoms with Gasteiger partial charge in [-0.2, -0.15) is 0 Å². The maximum atomic E-state index is 12.4. The molecule has 0 spiro atoms. The van der Waals surface area contributed by atoms with E-state index in [2.05, 4.69) is 13.2 Å². The molecule has 0 N–H and O–H groups in total. The molecule has 1 heterocycles. The van der Waals surface area contributed by atoms with Crippen LogP contribution in [0.25, 0.3) is 6.08 Å². The summed E-state index contributed by atoms with van der Waals surface area (Å²) < 4.78 is 0. The van der Waals surface area contributed by atoms with Crippen molar-refractivity contribution < 1.29 is 4.79 Å². The summed E-state index contributed by atoms with van der Waals surface area (Å²) in [7, 11) is 1.77. The summed E-state index contributed by atoms with van der Waals surface area (Å²) in [6.07, 6.45) is 7.13. The number of rotatable bonds is 2. The first kappa shape index (κ1) is 15.7. The molecule has 1 aliphatic heterocycles. The van der Waals surface area contributed by atoms with Crippen LogP contribution in [0.2, 0.25) is 0 Å². The number of hydrogen-bond acceptors (Lipinski definition) is 1. The summed E-state index contributed by atoms with van der Waals surface area (Å²) in [6.45, 7) is 11.5. The lowest BCUT2D eigenvalue weighted by atomic mass is 10.0. The molecule has 1 aromatic carbocycles. The second-order valence-electron chi connectivity index (χ2n) is 4.03. The van der Waals surface area contributed by atoms with Crippen molar-refractivity contribution in [2.75, 3.05) is 11.9 Å². The number of carbonyl (C=O) groups excluding carboxylic acids is 1. The number of carbonyl (C=O) groups is 1. The maximum absolute atomic E-state index is 12.4. The van der Waals surface area contributed by atoms with Gasteiger partial charge in [0.1, 0.15) is 0 Å². The molecule has 0 saturated heterocycles. The highest BCUT2D eigenvalue weighted by Gasteiger charge is 2.19. The molecule has 2 heteroatoms. The molecular weight excluding hydrogens is 246 g/mol. The van der Waals surface area contributed by atoms with Crippen molar-refractivity contribution in [3.8, 4) is 0 Å². The lowest BCUT2D eigenvalue weighted by Crippen LogP contribution is -2.28. The molecule has 1 aromatic rings. The van der Waals surface area contributed by atoms with Crippen molar-refractivity contribution >= 4 is 17.7 Å². The largest absolute Gasteiger partial charge is 0.311 e. The van der Waals surface area contributed by atoms with Gasteiger partial charge in [-0.05, 0) is 17.2 Å². The van der Waals surface area contributed by atoms with Gasteiger partial charge in [0, 0.05) is 12.6 Å². The third-order valence-electron chi connectivity index (χ3n) is 3.01. The molecule has 20 heavy (non-hydrogen) atoms. The summed E-state index contributed by atoms with van der Waals surface area (Å²) in [5.74, 6) is -0.0725. The van der Waals surface area contributed by atoms with Crippen LogP contribution in [0, 0.1) is 0 Å².